The Morgan fingerprint density at radius 1 is 0.885 bits per heavy atom. The van der Waals surface area contributed by atoms with Crippen molar-refractivity contribution in [1.29, 1.82) is 0 Å². The Morgan fingerprint density at radius 2 is 1.42 bits per heavy atom. The molecule has 0 heterocycles. The van der Waals surface area contributed by atoms with Gasteiger partial charge in [0.05, 0.1) is 12.6 Å². The molecule has 0 bridgehead atoms. The van der Waals surface area contributed by atoms with Crippen molar-refractivity contribution in [2.24, 2.45) is 5.73 Å². The second-order valence-electron chi connectivity index (χ2n) is 4.92. The SMILES string of the molecule is NCC(O)C(O)C(O)C(O)C(=O)ONCC(=O)NCC(=O)NCC(=O)O. The standard InChI is InChI=1S/C12H22N4O10/c13-1-5(17)9(22)10(23)11(24)12(25)26-16-3-7(19)14-2-6(18)15-4-8(20)21/h5,9-11,16-17,22-24H,1-4,13H2,(H,14,19)(H,15,18)(H,20,21). The predicted molar refractivity (Wildman–Crippen MR) is 80.8 cm³/mol. The number of nitrogens with two attached hydrogens (primary N) is 1. The van der Waals surface area contributed by atoms with Crippen LogP contribution in [-0.4, -0.2) is 99.9 Å². The van der Waals surface area contributed by atoms with Crippen LogP contribution in [0.3, 0.4) is 0 Å². The minimum atomic E-state index is -2.23. The lowest BCUT2D eigenvalue weighted by Gasteiger charge is -2.24. The second kappa shape index (κ2) is 12.1. The van der Waals surface area contributed by atoms with E-state index in [2.05, 4.69) is 10.2 Å². The summed E-state index contributed by atoms with van der Waals surface area (Å²) in [6.07, 6.45) is -7.81. The summed E-state index contributed by atoms with van der Waals surface area (Å²) in [5.74, 6) is -4.28. The molecule has 0 fully saturated rings. The van der Waals surface area contributed by atoms with Crippen LogP contribution in [0.5, 0.6) is 0 Å². The number of carbonyl (C=O) groups is 4. The Kier molecular flexibility index (Phi) is 11.0. The van der Waals surface area contributed by atoms with Gasteiger partial charge in [0.1, 0.15) is 25.3 Å². The second-order valence-corrected chi connectivity index (χ2v) is 4.92. The van der Waals surface area contributed by atoms with Gasteiger partial charge in [-0.25, -0.2) is 4.79 Å². The summed E-state index contributed by atoms with van der Waals surface area (Å²) in [6.45, 7) is -2.20. The van der Waals surface area contributed by atoms with E-state index >= 15 is 0 Å². The lowest BCUT2D eigenvalue weighted by atomic mass is 10.0. The quantitative estimate of drug-likeness (QED) is 0.143. The van der Waals surface area contributed by atoms with Crippen LogP contribution in [0.2, 0.25) is 0 Å². The average Bonchev–Trinajstić information content (AvgIpc) is 2.61. The number of hydroxylamine groups is 1. The molecule has 0 aliphatic heterocycles. The summed E-state index contributed by atoms with van der Waals surface area (Å²) < 4.78 is 0. The molecule has 0 aliphatic rings. The molecule has 2 amide bonds. The lowest BCUT2D eigenvalue weighted by Crippen LogP contribution is -2.51. The minimum absolute atomic E-state index is 0.432. The number of aliphatic carboxylic acids is 1. The molecule has 26 heavy (non-hydrogen) atoms. The van der Waals surface area contributed by atoms with E-state index in [0.717, 1.165) is 0 Å². The van der Waals surface area contributed by atoms with Gasteiger partial charge in [0.2, 0.25) is 11.8 Å². The summed E-state index contributed by atoms with van der Waals surface area (Å²) in [7, 11) is 0. The van der Waals surface area contributed by atoms with Crippen LogP contribution in [0.4, 0.5) is 0 Å². The molecule has 14 heteroatoms. The van der Waals surface area contributed by atoms with E-state index in [4.69, 9.17) is 10.8 Å². The molecule has 0 aromatic carbocycles. The number of aliphatic hydroxyl groups excluding tert-OH is 4. The third-order valence-electron chi connectivity index (χ3n) is 2.84. The fourth-order valence-corrected chi connectivity index (χ4v) is 1.40. The monoisotopic (exact) mass is 382 g/mol. The van der Waals surface area contributed by atoms with Gasteiger partial charge in [-0.2, -0.15) is 0 Å². The zero-order valence-electron chi connectivity index (χ0n) is 13.5. The van der Waals surface area contributed by atoms with E-state index in [0.29, 0.717) is 0 Å². The van der Waals surface area contributed by atoms with Crippen LogP contribution < -0.4 is 21.8 Å². The van der Waals surface area contributed by atoms with Crippen molar-refractivity contribution in [3.8, 4) is 0 Å². The number of nitrogens with one attached hydrogen (secondary N) is 3. The van der Waals surface area contributed by atoms with Crippen LogP contribution in [0, 0.1) is 0 Å². The first-order valence-corrected chi connectivity index (χ1v) is 7.21. The Balaban J connectivity index is 4.10. The molecular weight excluding hydrogens is 360 g/mol. The van der Waals surface area contributed by atoms with Crippen molar-refractivity contribution in [1.82, 2.24) is 16.1 Å². The van der Waals surface area contributed by atoms with E-state index in [-0.39, 0.29) is 0 Å². The van der Waals surface area contributed by atoms with Crippen molar-refractivity contribution < 1.29 is 49.5 Å². The highest BCUT2D eigenvalue weighted by atomic mass is 16.7. The highest BCUT2D eigenvalue weighted by molar-refractivity contribution is 5.87. The maximum atomic E-state index is 11.4. The number of hydrogen-bond donors (Lipinski definition) is 9. The first kappa shape index (κ1) is 23.6. The third kappa shape index (κ3) is 9.21. The first-order valence-electron chi connectivity index (χ1n) is 7.21. The largest absolute Gasteiger partial charge is 0.480 e. The van der Waals surface area contributed by atoms with Crippen LogP contribution in [0.1, 0.15) is 0 Å². The lowest BCUT2D eigenvalue weighted by molar-refractivity contribution is -0.175. The maximum Gasteiger partial charge on any atom is 0.356 e. The Labute approximate surface area is 146 Å². The van der Waals surface area contributed by atoms with Gasteiger partial charge in [-0.05, 0) is 0 Å². The summed E-state index contributed by atoms with van der Waals surface area (Å²) >= 11 is 0. The molecule has 10 N–H and O–H groups in total. The molecule has 14 nitrogen and oxygen atoms in total. The van der Waals surface area contributed by atoms with Crippen molar-refractivity contribution >= 4 is 23.8 Å². The number of carbonyl (C=O) groups excluding carboxylic acids is 3. The van der Waals surface area contributed by atoms with Crippen LogP contribution >= 0.6 is 0 Å². The third-order valence-corrected chi connectivity index (χ3v) is 2.84. The molecule has 0 radical (unpaired) electrons. The van der Waals surface area contributed by atoms with Crippen molar-refractivity contribution in [3.05, 3.63) is 0 Å². The number of amides is 2. The Hall–Kier alpha value is -2.36. The normalized spacial score (nSPS) is 15.3. The van der Waals surface area contributed by atoms with Crippen molar-refractivity contribution in [2.75, 3.05) is 26.2 Å². The smallest absolute Gasteiger partial charge is 0.356 e. The summed E-state index contributed by atoms with van der Waals surface area (Å²) in [4.78, 5) is 48.4. The van der Waals surface area contributed by atoms with E-state index in [1.807, 2.05) is 10.8 Å². The minimum Gasteiger partial charge on any atom is -0.480 e. The van der Waals surface area contributed by atoms with Gasteiger partial charge in [0.15, 0.2) is 6.10 Å². The maximum absolute atomic E-state index is 11.4. The number of carboxylic acids is 1. The highest BCUT2D eigenvalue weighted by Gasteiger charge is 2.35. The molecule has 150 valence electrons. The number of rotatable bonds is 12. The van der Waals surface area contributed by atoms with Gasteiger partial charge in [0, 0.05) is 6.54 Å². The molecule has 0 spiro atoms. The van der Waals surface area contributed by atoms with E-state index in [1.165, 1.54) is 0 Å². The van der Waals surface area contributed by atoms with E-state index < -0.39 is 74.3 Å². The van der Waals surface area contributed by atoms with E-state index in [1.54, 1.807) is 0 Å². The van der Waals surface area contributed by atoms with Crippen LogP contribution in [0.25, 0.3) is 0 Å². The van der Waals surface area contributed by atoms with Crippen LogP contribution in [0.15, 0.2) is 0 Å². The van der Waals surface area contributed by atoms with Gasteiger partial charge in [-0.15, -0.1) is 5.48 Å². The molecule has 0 aromatic heterocycles. The number of hydrogen-bond acceptors (Lipinski definition) is 11. The Bertz CT molecular complexity index is 502. The van der Waals surface area contributed by atoms with Gasteiger partial charge in [-0.1, -0.05) is 0 Å². The van der Waals surface area contributed by atoms with Crippen molar-refractivity contribution in [2.45, 2.75) is 24.4 Å². The topological polar surface area (TPSA) is 241 Å². The summed E-state index contributed by atoms with van der Waals surface area (Å²) in [5.41, 5.74) is 6.90. The molecular formula is C12H22N4O10. The number of aliphatic hydroxyl groups is 4. The van der Waals surface area contributed by atoms with Gasteiger partial charge in [-0.3, -0.25) is 14.4 Å². The number of carboxylic acid groups (broad SMARTS) is 1. The first-order chi connectivity index (χ1) is 12.1. The van der Waals surface area contributed by atoms with Gasteiger partial charge >= 0.3 is 11.9 Å². The molecule has 0 saturated carbocycles. The fourth-order valence-electron chi connectivity index (χ4n) is 1.40. The molecule has 4 unspecified atom stereocenters. The molecule has 0 saturated heterocycles. The molecule has 0 rings (SSSR count). The highest BCUT2D eigenvalue weighted by Crippen LogP contribution is 2.05. The average molecular weight is 382 g/mol. The Morgan fingerprint density at radius 3 is 1.96 bits per heavy atom. The predicted octanol–water partition coefficient (Wildman–Crippen LogP) is -6.25. The summed E-state index contributed by atoms with van der Waals surface area (Å²) in [6, 6.07) is 0. The van der Waals surface area contributed by atoms with Gasteiger partial charge < -0.3 is 46.7 Å². The zero-order chi connectivity index (χ0) is 20.3. The zero-order valence-corrected chi connectivity index (χ0v) is 13.5. The van der Waals surface area contributed by atoms with Gasteiger partial charge in [0.25, 0.3) is 0 Å². The fraction of sp³-hybridized carbons (Fsp3) is 0.667. The van der Waals surface area contributed by atoms with E-state index in [9.17, 15) is 39.6 Å². The molecule has 0 aromatic rings. The van der Waals surface area contributed by atoms with Crippen LogP contribution in [-0.2, 0) is 24.0 Å². The molecule has 4 atom stereocenters. The summed E-state index contributed by atoms with van der Waals surface area (Å²) in [5, 5.41) is 50.0. The molecule has 0 aliphatic carbocycles. The van der Waals surface area contributed by atoms with Crippen molar-refractivity contribution in [3.63, 3.8) is 0 Å².